The van der Waals surface area contributed by atoms with Crippen molar-refractivity contribution < 1.29 is 14.3 Å². The van der Waals surface area contributed by atoms with Crippen molar-refractivity contribution in [1.82, 2.24) is 9.97 Å². The Hall–Kier alpha value is -3.43. The Morgan fingerprint density at radius 2 is 1.88 bits per heavy atom. The third-order valence-electron chi connectivity index (χ3n) is 4.69. The van der Waals surface area contributed by atoms with Gasteiger partial charge in [-0.2, -0.15) is 0 Å². The third kappa shape index (κ3) is 5.50. The maximum Gasteiger partial charge on any atom is 0.338 e. The molecule has 2 heterocycles. The van der Waals surface area contributed by atoms with Crippen molar-refractivity contribution >= 4 is 50.9 Å². The number of fused-ring (bicyclic) bond motifs is 1. The van der Waals surface area contributed by atoms with Gasteiger partial charge < -0.3 is 15.0 Å². The second kappa shape index (κ2) is 10.5. The molecule has 0 saturated heterocycles. The number of thioether (sulfide) groups is 1. The first-order valence-corrected chi connectivity index (χ1v) is 12.2. The Morgan fingerprint density at radius 3 is 2.61 bits per heavy atom. The Labute approximate surface area is 198 Å². The first-order chi connectivity index (χ1) is 16.0. The monoisotopic (exact) mass is 479 g/mol. The van der Waals surface area contributed by atoms with E-state index in [9.17, 15) is 14.4 Å². The summed E-state index contributed by atoms with van der Waals surface area (Å²) in [5.74, 6) is -0.564. The van der Waals surface area contributed by atoms with Gasteiger partial charge >= 0.3 is 5.97 Å². The molecule has 2 aromatic heterocycles. The number of rotatable bonds is 8. The van der Waals surface area contributed by atoms with E-state index in [1.807, 2.05) is 42.6 Å². The van der Waals surface area contributed by atoms with Crippen LogP contribution < -0.4 is 10.9 Å². The summed E-state index contributed by atoms with van der Waals surface area (Å²) in [6, 6.07) is 16.2. The number of aromatic amines is 1. The highest BCUT2D eigenvalue weighted by molar-refractivity contribution is 7.99. The number of amides is 1. The first-order valence-electron chi connectivity index (χ1n) is 10.3. The lowest BCUT2D eigenvalue weighted by atomic mass is 10.1. The SMILES string of the molecule is CCCOC(=O)c1ccc(NC(=O)CSc2nc3scc(-c4ccccc4)c3c(=O)[nH]2)cc1. The second-order valence-corrected chi connectivity index (χ2v) is 8.94. The van der Waals surface area contributed by atoms with Gasteiger partial charge in [-0.15, -0.1) is 11.3 Å². The highest BCUT2D eigenvalue weighted by Crippen LogP contribution is 2.31. The maximum atomic E-state index is 12.7. The number of hydrogen-bond acceptors (Lipinski definition) is 7. The minimum Gasteiger partial charge on any atom is -0.462 e. The van der Waals surface area contributed by atoms with Gasteiger partial charge in [0.25, 0.3) is 5.56 Å². The van der Waals surface area contributed by atoms with Crippen LogP contribution in [0.5, 0.6) is 0 Å². The van der Waals surface area contributed by atoms with Crippen molar-refractivity contribution in [3.63, 3.8) is 0 Å². The van der Waals surface area contributed by atoms with E-state index in [0.29, 0.717) is 33.2 Å². The minimum atomic E-state index is -0.389. The lowest BCUT2D eigenvalue weighted by molar-refractivity contribution is -0.113. The first kappa shape index (κ1) is 22.8. The van der Waals surface area contributed by atoms with Gasteiger partial charge in [-0.3, -0.25) is 9.59 Å². The van der Waals surface area contributed by atoms with Crippen LogP contribution in [0, 0.1) is 0 Å². The molecule has 4 aromatic rings. The summed E-state index contributed by atoms with van der Waals surface area (Å²) < 4.78 is 5.09. The fraction of sp³-hybridized carbons (Fsp3) is 0.167. The Balaban J connectivity index is 1.39. The van der Waals surface area contributed by atoms with Crippen molar-refractivity contribution in [2.24, 2.45) is 0 Å². The van der Waals surface area contributed by atoms with Gasteiger partial charge in [-0.05, 0) is 36.2 Å². The largest absolute Gasteiger partial charge is 0.462 e. The fourth-order valence-electron chi connectivity index (χ4n) is 3.13. The van der Waals surface area contributed by atoms with Crippen LogP contribution in [0.2, 0.25) is 0 Å². The zero-order chi connectivity index (χ0) is 23.2. The van der Waals surface area contributed by atoms with E-state index < -0.39 is 0 Å². The number of benzene rings is 2. The Bertz CT molecular complexity index is 1330. The molecule has 0 aliphatic rings. The van der Waals surface area contributed by atoms with Crippen molar-refractivity contribution in [2.45, 2.75) is 18.5 Å². The molecule has 0 saturated carbocycles. The van der Waals surface area contributed by atoms with Gasteiger partial charge in [0.2, 0.25) is 5.91 Å². The number of anilines is 1. The number of carbonyl (C=O) groups excluding carboxylic acids is 2. The van der Waals surface area contributed by atoms with Crippen LogP contribution in [0.4, 0.5) is 5.69 Å². The van der Waals surface area contributed by atoms with Crippen molar-refractivity contribution in [2.75, 3.05) is 17.7 Å². The summed E-state index contributed by atoms with van der Waals surface area (Å²) in [6.45, 7) is 2.30. The number of aromatic nitrogens is 2. The molecule has 9 heteroatoms. The lowest BCUT2D eigenvalue weighted by Gasteiger charge is -2.07. The smallest absolute Gasteiger partial charge is 0.338 e. The zero-order valence-corrected chi connectivity index (χ0v) is 19.4. The third-order valence-corrected chi connectivity index (χ3v) is 6.43. The minimum absolute atomic E-state index is 0.0751. The molecule has 1 amide bonds. The van der Waals surface area contributed by atoms with Crippen LogP contribution >= 0.6 is 23.1 Å². The van der Waals surface area contributed by atoms with Crippen LogP contribution in [0.1, 0.15) is 23.7 Å². The molecule has 0 spiro atoms. The van der Waals surface area contributed by atoms with E-state index in [1.165, 1.54) is 11.3 Å². The number of H-pyrrole nitrogens is 1. The molecule has 2 N–H and O–H groups in total. The molecule has 0 atom stereocenters. The van der Waals surface area contributed by atoms with Gasteiger partial charge in [-0.25, -0.2) is 9.78 Å². The Morgan fingerprint density at radius 1 is 1.12 bits per heavy atom. The molecular formula is C24H21N3O4S2. The lowest BCUT2D eigenvalue weighted by Crippen LogP contribution is -2.15. The van der Waals surface area contributed by atoms with E-state index in [1.54, 1.807) is 24.3 Å². The Kier molecular flexibility index (Phi) is 7.21. The van der Waals surface area contributed by atoms with Gasteiger partial charge in [-0.1, -0.05) is 49.0 Å². The molecule has 0 fully saturated rings. The van der Waals surface area contributed by atoms with Gasteiger partial charge in [0.05, 0.1) is 23.3 Å². The quantitative estimate of drug-likeness (QED) is 0.211. The molecular weight excluding hydrogens is 458 g/mol. The standard InChI is InChI=1S/C24H21N3O4S2/c1-2-12-31-23(30)16-8-10-17(11-9-16)25-19(28)14-33-24-26-21(29)20-18(13-32-22(20)27-24)15-6-4-3-5-7-15/h3-11,13H,2,12,14H2,1H3,(H,25,28)(H,26,27,29). The average Bonchev–Trinajstić information content (AvgIpc) is 3.27. The van der Waals surface area contributed by atoms with Crippen molar-refractivity contribution in [3.05, 3.63) is 75.9 Å². The van der Waals surface area contributed by atoms with Crippen LogP contribution in [-0.4, -0.2) is 34.2 Å². The van der Waals surface area contributed by atoms with E-state index in [2.05, 4.69) is 15.3 Å². The molecule has 0 aliphatic carbocycles. The van der Waals surface area contributed by atoms with Gasteiger partial charge in [0, 0.05) is 16.6 Å². The summed E-state index contributed by atoms with van der Waals surface area (Å²) >= 11 is 2.55. The molecule has 0 aliphatic heterocycles. The normalized spacial score (nSPS) is 10.8. The number of hydrogen-bond donors (Lipinski definition) is 2. The van der Waals surface area contributed by atoms with E-state index >= 15 is 0 Å². The van der Waals surface area contributed by atoms with E-state index in [-0.39, 0.29) is 23.2 Å². The highest BCUT2D eigenvalue weighted by atomic mass is 32.2. The van der Waals surface area contributed by atoms with Gasteiger partial charge in [0.1, 0.15) is 4.83 Å². The number of carbonyl (C=O) groups is 2. The van der Waals surface area contributed by atoms with Crippen molar-refractivity contribution in [3.8, 4) is 11.1 Å². The number of esters is 1. The fourth-order valence-corrected chi connectivity index (χ4v) is 4.79. The van der Waals surface area contributed by atoms with Crippen molar-refractivity contribution in [1.29, 1.82) is 0 Å². The van der Waals surface area contributed by atoms with Crippen LogP contribution in [0.25, 0.3) is 21.3 Å². The molecule has 0 bridgehead atoms. The number of ether oxygens (including phenoxy) is 1. The molecule has 2 aromatic carbocycles. The summed E-state index contributed by atoms with van der Waals surface area (Å²) in [4.78, 5) is 44.8. The maximum absolute atomic E-state index is 12.7. The molecule has 0 unspecified atom stereocenters. The van der Waals surface area contributed by atoms with Crippen LogP contribution in [-0.2, 0) is 9.53 Å². The average molecular weight is 480 g/mol. The van der Waals surface area contributed by atoms with Crippen LogP contribution in [0.15, 0.2) is 69.9 Å². The predicted molar refractivity (Wildman–Crippen MR) is 132 cm³/mol. The van der Waals surface area contributed by atoms with Gasteiger partial charge in [0.15, 0.2) is 5.16 Å². The summed E-state index contributed by atoms with van der Waals surface area (Å²) in [5, 5.41) is 5.63. The van der Waals surface area contributed by atoms with E-state index in [4.69, 9.17) is 4.74 Å². The summed E-state index contributed by atoms with van der Waals surface area (Å²) in [6.07, 6.45) is 0.755. The molecule has 33 heavy (non-hydrogen) atoms. The zero-order valence-electron chi connectivity index (χ0n) is 17.8. The summed E-state index contributed by atoms with van der Waals surface area (Å²) in [5.41, 5.74) is 2.57. The summed E-state index contributed by atoms with van der Waals surface area (Å²) in [7, 11) is 0. The number of nitrogens with one attached hydrogen (secondary N) is 2. The number of thiophene rings is 1. The number of nitrogens with zero attached hydrogens (tertiary/aromatic N) is 1. The second-order valence-electron chi connectivity index (χ2n) is 7.12. The van der Waals surface area contributed by atoms with Crippen LogP contribution in [0.3, 0.4) is 0 Å². The molecule has 0 radical (unpaired) electrons. The van der Waals surface area contributed by atoms with E-state index in [0.717, 1.165) is 29.3 Å². The molecule has 7 nitrogen and oxygen atoms in total. The molecule has 4 rings (SSSR count). The molecule has 168 valence electrons. The highest BCUT2D eigenvalue weighted by Gasteiger charge is 2.14. The topological polar surface area (TPSA) is 101 Å². The predicted octanol–water partition coefficient (Wildman–Crippen LogP) is 4.95.